The van der Waals surface area contributed by atoms with E-state index in [9.17, 15) is 36.8 Å². The molecule has 1 saturated carbocycles. The Hall–Kier alpha value is -4.77. The monoisotopic (exact) mass is 802 g/mol. The number of nitrogens with zero attached hydrogens (tertiary/aromatic N) is 3. The summed E-state index contributed by atoms with van der Waals surface area (Å²) in [6.45, 7) is 4.89. The molecule has 0 spiro atoms. The smallest absolute Gasteiger partial charge is 0.410 e. The largest absolute Gasteiger partial charge is 0.444 e. The first-order chi connectivity index (χ1) is 26.0. The van der Waals surface area contributed by atoms with Crippen molar-refractivity contribution in [1.82, 2.24) is 30.1 Å². The average molecular weight is 803 g/mol. The topological polar surface area (TPSA) is 193 Å². The van der Waals surface area contributed by atoms with Crippen molar-refractivity contribution < 1.29 is 46.3 Å². The third-order valence-electron chi connectivity index (χ3n) is 10.0. The van der Waals surface area contributed by atoms with Crippen molar-refractivity contribution in [1.29, 1.82) is 0 Å². The lowest BCUT2D eigenvalue weighted by atomic mass is 10.0. The fourth-order valence-corrected chi connectivity index (χ4v) is 8.23. The highest BCUT2D eigenvalue weighted by Crippen LogP contribution is 2.46. The molecule has 55 heavy (non-hydrogen) atoms. The quantitative estimate of drug-likeness (QED) is 0.293. The van der Waals surface area contributed by atoms with E-state index in [1.54, 1.807) is 39.0 Å². The number of allylic oxidation sites excluding steroid dienone is 1. The molecule has 296 valence electrons. The maximum atomic E-state index is 14.4. The second-order valence-electron chi connectivity index (χ2n) is 15.3. The zero-order valence-corrected chi connectivity index (χ0v) is 32.3. The molecule has 1 aromatic heterocycles. The van der Waals surface area contributed by atoms with E-state index in [1.807, 2.05) is 6.08 Å². The number of rotatable bonds is 5. The van der Waals surface area contributed by atoms with Crippen molar-refractivity contribution in [3.63, 3.8) is 0 Å². The van der Waals surface area contributed by atoms with E-state index in [2.05, 4.69) is 20.3 Å². The first-order valence-electron chi connectivity index (χ1n) is 18.1. The highest BCUT2D eigenvalue weighted by Gasteiger charge is 2.62. The molecule has 1 aromatic carbocycles. The third kappa shape index (κ3) is 9.20. The Kier molecular flexibility index (Phi) is 11.4. The van der Waals surface area contributed by atoms with Crippen LogP contribution in [0.3, 0.4) is 0 Å². The molecule has 1 saturated heterocycles. The molecular weight excluding hydrogens is 759 g/mol. The van der Waals surface area contributed by atoms with Gasteiger partial charge in [-0.05, 0) is 70.2 Å². The Balaban J connectivity index is 1.26. The van der Waals surface area contributed by atoms with Gasteiger partial charge < -0.3 is 25.0 Å². The Labute approximate surface area is 323 Å². The van der Waals surface area contributed by atoms with Gasteiger partial charge in [-0.15, -0.1) is 0 Å². The lowest BCUT2D eigenvalue weighted by molar-refractivity contribution is -0.141. The van der Waals surface area contributed by atoms with Crippen LogP contribution in [0.25, 0.3) is 0 Å². The summed E-state index contributed by atoms with van der Waals surface area (Å²) in [5, 5.41) is 5.45. The van der Waals surface area contributed by atoms with Gasteiger partial charge in [0.15, 0.2) is 0 Å². The first kappa shape index (κ1) is 39.9. The highest BCUT2D eigenvalue weighted by molar-refractivity contribution is 7.90. The van der Waals surface area contributed by atoms with Crippen molar-refractivity contribution in [2.45, 2.75) is 113 Å². The predicted molar refractivity (Wildman–Crippen MR) is 195 cm³/mol. The third-order valence-corrected chi connectivity index (χ3v) is 11.6. The van der Waals surface area contributed by atoms with E-state index < -0.39 is 81.0 Å². The molecule has 6 rings (SSSR count). The number of amides is 5. The first-order valence-corrected chi connectivity index (χ1v) is 20.0. The van der Waals surface area contributed by atoms with Crippen LogP contribution in [0.5, 0.6) is 0 Å². The summed E-state index contributed by atoms with van der Waals surface area (Å²) in [6, 6.07) is 4.61. The van der Waals surface area contributed by atoms with Gasteiger partial charge in [0.1, 0.15) is 45.2 Å². The molecule has 0 bridgehead atoms. The number of benzene rings is 1. The Morgan fingerprint density at radius 1 is 1.09 bits per heavy atom. The number of halogens is 2. The number of hydrogen-bond donors (Lipinski definition) is 3. The molecule has 0 radical (unpaired) electrons. The van der Waals surface area contributed by atoms with Gasteiger partial charge in [-0.2, -0.15) is 0 Å². The van der Waals surface area contributed by atoms with E-state index >= 15 is 0 Å². The van der Waals surface area contributed by atoms with Crippen LogP contribution in [0.1, 0.15) is 76.8 Å². The molecule has 4 aliphatic rings. The minimum absolute atomic E-state index is 0.0243. The van der Waals surface area contributed by atoms with Crippen molar-refractivity contribution in [2.24, 2.45) is 5.92 Å². The number of sulfonamides is 1. The number of hydrogen-bond acceptors (Lipinski definition) is 10. The standard InChI is InChI=1S/C37H44ClFN6O9S/c1-36(2,3)54-34(49)41-28-13-8-6-4-5-7-11-23-17-37(23,33(48)43-55(51,52)25-14-15-30(38)40-18-25)42-31(46)29-16-24(20-45(29)32(28)47)53-35(50)44-19-22-10-9-12-27(39)26(22)21-44/h7,9-12,14-15,18,23-24,28-29H,4-6,8,13,16-17,19-21H2,1-3H3,(H,41,49)(H,42,46)(H,43,48)/b11-7-/t23-,24-,28+,29+,37-/m1/s1. The number of nitrogens with one attached hydrogen (secondary N) is 3. The van der Waals surface area contributed by atoms with Gasteiger partial charge >= 0.3 is 12.2 Å². The molecule has 5 atom stereocenters. The van der Waals surface area contributed by atoms with E-state index in [1.165, 1.54) is 28.0 Å². The Morgan fingerprint density at radius 2 is 1.87 bits per heavy atom. The van der Waals surface area contributed by atoms with Crippen LogP contribution in [0, 0.1) is 11.7 Å². The van der Waals surface area contributed by atoms with Gasteiger partial charge in [0.2, 0.25) is 11.8 Å². The summed E-state index contributed by atoms with van der Waals surface area (Å²) in [7, 11) is -4.43. The summed E-state index contributed by atoms with van der Waals surface area (Å²) in [4.78, 5) is 74.8. The fraction of sp³-hybridized carbons (Fsp3) is 0.514. The number of carbonyl (C=O) groups excluding carboxylic acids is 5. The maximum Gasteiger partial charge on any atom is 0.410 e. The molecule has 0 unspecified atom stereocenters. The second kappa shape index (κ2) is 15.8. The summed E-state index contributed by atoms with van der Waals surface area (Å²) >= 11 is 5.82. The van der Waals surface area contributed by atoms with Crippen molar-refractivity contribution in [3.8, 4) is 0 Å². The number of ether oxygens (including phenoxy) is 2. The predicted octanol–water partition coefficient (Wildman–Crippen LogP) is 4.09. The molecule has 2 fully saturated rings. The molecule has 4 heterocycles. The summed E-state index contributed by atoms with van der Waals surface area (Å²) in [6.07, 6.45) is 4.71. The van der Waals surface area contributed by atoms with Gasteiger partial charge in [-0.1, -0.05) is 48.7 Å². The number of carbonyl (C=O) groups is 5. The summed E-state index contributed by atoms with van der Waals surface area (Å²) in [5.74, 6) is -3.42. The van der Waals surface area contributed by atoms with Gasteiger partial charge in [0.05, 0.1) is 13.1 Å². The van der Waals surface area contributed by atoms with E-state index in [-0.39, 0.29) is 48.9 Å². The van der Waals surface area contributed by atoms with Crippen LogP contribution in [0.4, 0.5) is 14.0 Å². The van der Waals surface area contributed by atoms with Crippen molar-refractivity contribution >= 4 is 51.5 Å². The Morgan fingerprint density at radius 3 is 2.58 bits per heavy atom. The van der Waals surface area contributed by atoms with Gasteiger partial charge in [-0.3, -0.25) is 19.3 Å². The van der Waals surface area contributed by atoms with Gasteiger partial charge in [0.25, 0.3) is 15.9 Å². The molecule has 5 amide bonds. The van der Waals surface area contributed by atoms with Gasteiger partial charge in [-0.25, -0.2) is 32.1 Å². The zero-order chi connectivity index (χ0) is 39.7. The van der Waals surface area contributed by atoms with E-state index in [4.69, 9.17) is 21.1 Å². The van der Waals surface area contributed by atoms with Crippen LogP contribution < -0.4 is 15.4 Å². The minimum atomic E-state index is -4.43. The zero-order valence-electron chi connectivity index (χ0n) is 30.7. The molecule has 15 nitrogen and oxygen atoms in total. The van der Waals surface area contributed by atoms with Crippen molar-refractivity contribution in [3.05, 3.63) is 70.8 Å². The Bertz CT molecular complexity index is 1990. The lowest BCUT2D eigenvalue weighted by Crippen LogP contribution is -2.58. The number of fused-ring (bicyclic) bond motifs is 3. The van der Waals surface area contributed by atoms with Crippen LogP contribution >= 0.6 is 11.6 Å². The van der Waals surface area contributed by atoms with E-state index in [0.29, 0.717) is 36.8 Å². The molecule has 3 N–H and O–H groups in total. The molecule has 2 aromatic rings. The van der Waals surface area contributed by atoms with E-state index in [0.717, 1.165) is 6.20 Å². The number of alkyl carbamates (subject to hydrolysis) is 1. The lowest BCUT2D eigenvalue weighted by Gasteiger charge is -2.30. The number of aromatic nitrogens is 1. The summed E-state index contributed by atoms with van der Waals surface area (Å²) in [5.41, 5.74) is -1.55. The molecule has 18 heteroatoms. The SMILES string of the molecule is CC(C)(C)OC(=O)N[C@H]1CCCCC/C=C\[C@@H]2C[C@@]2(C(=O)NS(=O)(=O)c2ccc(Cl)nc2)NC(=O)[C@@H]2C[C@@H](OC(=O)N3Cc4cccc(F)c4C3)CN2C1=O. The van der Waals surface area contributed by atoms with Crippen LogP contribution in [-0.4, -0.2) is 89.0 Å². The van der Waals surface area contributed by atoms with Crippen LogP contribution in [-0.2, 0) is 47.0 Å². The maximum absolute atomic E-state index is 14.4. The average Bonchev–Trinajstić information content (AvgIpc) is 3.40. The fourth-order valence-electron chi connectivity index (χ4n) is 7.14. The van der Waals surface area contributed by atoms with Crippen LogP contribution in [0.2, 0.25) is 5.15 Å². The molecular formula is C37H44ClFN6O9S. The number of pyridine rings is 1. The summed E-state index contributed by atoms with van der Waals surface area (Å²) < 4.78 is 54.2. The van der Waals surface area contributed by atoms with Crippen molar-refractivity contribution in [2.75, 3.05) is 6.54 Å². The second-order valence-corrected chi connectivity index (χ2v) is 17.3. The molecule has 3 aliphatic heterocycles. The van der Waals surface area contributed by atoms with Crippen LogP contribution in [0.15, 0.2) is 53.6 Å². The molecule has 1 aliphatic carbocycles. The minimum Gasteiger partial charge on any atom is -0.444 e. The normalized spacial score (nSPS) is 26.3. The highest BCUT2D eigenvalue weighted by atomic mass is 35.5. The van der Waals surface area contributed by atoms with Gasteiger partial charge in [0, 0.05) is 30.6 Å².